The molecule has 0 radical (unpaired) electrons. The number of anilines is 1. The van der Waals surface area contributed by atoms with Gasteiger partial charge in [-0.1, -0.05) is 17.7 Å². The summed E-state index contributed by atoms with van der Waals surface area (Å²) in [5.74, 6) is 0.664. The molecule has 0 saturated carbocycles. The number of rotatable bonds is 3. The summed E-state index contributed by atoms with van der Waals surface area (Å²) in [6.07, 6.45) is 3.20. The van der Waals surface area contributed by atoms with Crippen molar-refractivity contribution in [2.45, 2.75) is 13.5 Å². The van der Waals surface area contributed by atoms with Gasteiger partial charge in [-0.15, -0.1) is 0 Å². The minimum atomic E-state index is 0.405. The van der Waals surface area contributed by atoms with Gasteiger partial charge >= 0.3 is 0 Å². The van der Waals surface area contributed by atoms with Crippen LogP contribution >= 0.6 is 11.6 Å². The van der Waals surface area contributed by atoms with Gasteiger partial charge in [0.1, 0.15) is 0 Å². The average molecular weight is 249 g/mol. The molecule has 0 unspecified atom stereocenters. The zero-order valence-corrected chi connectivity index (χ0v) is 10.5. The molecule has 0 aliphatic rings. The molecule has 0 saturated heterocycles. The first-order valence-corrected chi connectivity index (χ1v) is 5.65. The fourth-order valence-corrected chi connectivity index (χ4v) is 1.82. The van der Waals surface area contributed by atoms with Crippen LogP contribution in [0.3, 0.4) is 0 Å². The molecule has 2 heterocycles. The maximum atomic E-state index is 5.98. The third-order valence-electron chi connectivity index (χ3n) is 2.34. The number of pyridine rings is 1. The van der Waals surface area contributed by atoms with Crippen molar-refractivity contribution in [3.8, 4) is 0 Å². The highest BCUT2D eigenvalue weighted by Gasteiger charge is 2.09. The Morgan fingerprint density at radius 3 is 2.71 bits per heavy atom. The first-order chi connectivity index (χ1) is 8.16. The molecule has 0 spiro atoms. The Bertz CT molecular complexity index is 515. The van der Waals surface area contributed by atoms with Gasteiger partial charge in [-0.25, -0.2) is 9.97 Å². The van der Waals surface area contributed by atoms with E-state index in [2.05, 4.69) is 15.0 Å². The summed E-state index contributed by atoms with van der Waals surface area (Å²) in [6, 6.07) is 5.94. The zero-order valence-electron chi connectivity index (χ0n) is 9.76. The van der Waals surface area contributed by atoms with E-state index in [0.29, 0.717) is 17.5 Å². The van der Waals surface area contributed by atoms with Gasteiger partial charge in [0, 0.05) is 25.1 Å². The van der Waals surface area contributed by atoms with Crippen molar-refractivity contribution in [1.29, 1.82) is 0 Å². The molecule has 0 atom stereocenters. The van der Waals surface area contributed by atoms with Crippen LogP contribution in [0.25, 0.3) is 0 Å². The lowest BCUT2D eigenvalue weighted by atomic mass is 10.3. The Labute approximate surface area is 105 Å². The molecule has 0 aliphatic carbocycles. The number of hydrogen-bond acceptors (Lipinski definition) is 4. The topological polar surface area (TPSA) is 41.9 Å². The van der Waals surface area contributed by atoms with Crippen LogP contribution in [0.4, 0.5) is 5.82 Å². The summed E-state index contributed by atoms with van der Waals surface area (Å²) in [5, 5.41) is 0.405. The lowest BCUT2D eigenvalue weighted by Crippen LogP contribution is -2.19. The minimum absolute atomic E-state index is 0.405. The summed E-state index contributed by atoms with van der Waals surface area (Å²) in [4.78, 5) is 14.6. The molecule has 2 aromatic heterocycles. The number of aryl methyl sites for hydroxylation is 1. The molecule has 2 rings (SSSR count). The highest BCUT2D eigenvalue weighted by molar-refractivity contribution is 6.31. The number of hydrogen-bond donors (Lipinski definition) is 0. The molecule has 0 bridgehead atoms. The third-order valence-corrected chi connectivity index (χ3v) is 2.61. The van der Waals surface area contributed by atoms with Crippen LogP contribution in [0.15, 0.2) is 30.6 Å². The Kier molecular flexibility index (Phi) is 3.54. The summed E-state index contributed by atoms with van der Waals surface area (Å²) in [7, 11) is 1.92. The summed E-state index contributed by atoms with van der Waals surface area (Å²) in [5.41, 5.74) is 1.98. The van der Waals surface area contributed by atoms with Gasteiger partial charge in [-0.05, 0) is 19.1 Å². The maximum Gasteiger partial charge on any atom is 0.171 e. The van der Waals surface area contributed by atoms with E-state index in [4.69, 9.17) is 11.6 Å². The second-order valence-corrected chi connectivity index (χ2v) is 4.16. The van der Waals surface area contributed by atoms with Crippen LogP contribution < -0.4 is 4.90 Å². The van der Waals surface area contributed by atoms with Gasteiger partial charge in [0.05, 0.1) is 12.2 Å². The Morgan fingerprint density at radius 1 is 1.24 bits per heavy atom. The monoisotopic (exact) mass is 248 g/mol. The molecule has 0 aliphatic heterocycles. The Morgan fingerprint density at radius 2 is 2.00 bits per heavy atom. The molecular weight excluding hydrogens is 236 g/mol. The number of halogens is 1. The van der Waals surface area contributed by atoms with E-state index in [9.17, 15) is 0 Å². The first kappa shape index (κ1) is 11.8. The molecule has 0 amide bonds. The van der Waals surface area contributed by atoms with Gasteiger partial charge in [-0.2, -0.15) is 0 Å². The van der Waals surface area contributed by atoms with Crippen LogP contribution in [-0.2, 0) is 6.54 Å². The SMILES string of the molecule is Cc1cccc(CN(C)c2nccnc2Cl)n1. The summed E-state index contributed by atoms with van der Waals surface area (Å²) < 4.78 is 0. The molecule has 2 aromatic rings. The predicted molar refractivity (Wildman–Crippen MR) is 68.1 cm³/mol. The Balaban J connectivity index is 2.17. The normalized spacial score (nSPS) is 10.3. The fourth-order valence-electron chi connectivity index (χ4n) is 1.58. The predicted octanol–water partition coefficient (Wildman–Crippen LogP) is 2.47. The van der Waals surface area contributed by atoms with Crippen molar-refractivity contribution in [2.75, 3.05) is 11.9 Å². The maximum absolute atomic E-state index is 5.98. The zero-order chi connectivity index (χ0) is 12.3. The largest absolute Gasteiger partial charge is 0.351 e. The minimum Gasteiger partial charge on any atom is -0.351 e. The average Bonchev–Trinajstić information content (AvgIpc) is 2.29. The van der Waals surface area contributed by atoms with Gasteiger partial charge in [-0.3, -0.25) is 4.98 Å². The van der Waals surface area contributed by atoms with Crippen LogP contribution in [0.1, 0.15) is 11.4 Å². The molecule has 17 heavy (non-hydrogen) atoms. The Hall–Kier alpha value is -1.68. The molecule has 0 N–H and O–H groups in total. The second kappa shape index (κ2) is 5.10. The summed E-state index contributed by atoms with van der Waals surface area (Å²) >= 11 is 5.98. The van der Waals surface area contributed by atoms with E-state index in [-0.39, 0.29) is 0 Å². The van der Waals surface area contributed by atoms with Gasteiger partial charge in [0.2, 0.25) is 0 Å². The van der Waals surface area contributed by atoms with Crippen molar-refractivity contribution in [3.05, 3.63) is 47.1 Å². The van der Waals surface area contributed by atoms with Crippen LogP contribution in [0, 0.1) is 6.92 Å². The molecule has 0 fully saturated rings. The van der Waals surface area contributed by atoms with E-state index < -0.39 is 0 Å². The number of aromatic nitrogens is 3. The third kappa shape index (κ3) is 2.91. The van der Waals surface area contributed by atoms with Gasteiger partial charge in [0.25, 0.3) is 0 Å². The second-order valence-electron chi connectivity index (χ2n) is 3.80. The fraction of sp³-hybridized carbons (Fsp3) is 0.250. The quantitative estimate of drug-likeness (QED) is 0.837. The summed E-state index contributed by atoms with van der Waals surface area (Å²) in [6.45, 7) is 2.62. The van der Waals surface area contributed by atoms with Crippen molar-refractivity contribution in [2.24, 2.45) is 0 Å². The van der Waals surface area contributed by atoms with Crippen molar-refractivity contribution < 1.29 is 0 Å². The van der Waals surface area contributed by atoms with Crippen molar-refractivity contribution in [1.82, 2.24) is 15.0 Å². The molecule has 0 aromatic carbocycles. The van der Waals surface area contributed by atoms with E-state index in [1.54, 1.807) is 12.4 Å². The molecule has 5 heteroatoms. The van der Waals surface area contributed by atoms with E-state index >= 15 is 0 Å². The number of nitrogens with zero attached hydrogens (tertiary/aromatic N) is 4. The van der Waals surface area contributed by atoms with E-state index in [1.165, 1.54) is 0 Å². The standard InChI is InChI=1S/C12H13ClN4/c1-9-4-3-5-10(16-9)8-17(2)12-11(13)14-6-7-15-12/h3-7H,8H2,1-2H3. The molecule has 88 valence electrons. The van der Waals surface area contributed by atoms with Gasteiger partial charge in [0.15, 0.2) is 11.0 Å². The lowest BCUT2D eigenvalue weighted by molar-refractivity contribution is 0.854. The van der Waals surface area contributed by atoms with Crippen molar-refractivity contribution >= 4 is 17.4 Å². The van der Waals surface area contributed by atoms with Crippen LogP contribution in [0.5, 0.6) is 0 Å². The van der Waals surface area contributed by atoms with E-state index in [1.807, 2.05) is 37.1 Å². The first-order valence-electron chi connectivity index (χ1n) is 5.27. The van der Waals surface area contributed by atoms with Crippen molar-refractivity contribution in [3.63, 3.8) is 0 Å². The highest BCUT2D eigenvalue weighted by atomic mass is 35.5. The van der Waals surface area contributed by atoms with Crippen LogP contribution in [-0.4, -0.2) is 22.0 Å². The molecular formula is C12H13ClN4. The highest BCUT2D eigenvalue weighted by Crippen LogP contribution is 2.19. The molecule has 4 nitrogen and oxygen atoms in total. The van der Waals surface area contributed by atoms with Crippen LogP contribution in [0.2, 0.25) is 5.15 Å². The van der Waals surface area contributed by atoms with E-state index in [0.717, 1.165) is 11.4 Å². The van der Waals surface area contributed by atoms with Gasteiger partial charge < -0.3 is 4.90 Å². The lowest BCUT2D eigenvalue weighted by Gasteiger charge is -2.18. The smallest absolute Gasteiger partial charge is 0.171 e.